The molecule has 0 aromatic heterocycles. The summed E-state index contributed by atoms with van der Waals surface area (Å²) in [5.74, 6) is -0.882. The quantitative estimate of drug-likeness (QED) is 0.624. The van der Waals surface area contributed by atoms with Gasteiger partial charge in [-0.3, -0.25) is 14.5 Å². The molecule has 0 bridgehead atoms. The van der Waals surface area contributed by atoms with Gasteiger partial charge in [0.05, 0.1) is 29.7 Å². The van der Waals surface area contributed by atoms with Gasteiger partial charge in [0.1, 0.15) is 0 Å². The minimum absolute atomic E-state index is 0.0378. The van der Waals surface area contributed by atoms with Crippen LogP contribution >= 0.6 is 23.2 Å². The normalized spacial score (nSPS) is 12.5. The Morgan fingerprint density at radius 2 is 1.73 bits per heavy atom. The van der Waals surface area contributed by atoms with Crippen LogP contribution in [0.15, 0.2) is 42.5 Å². The van der Waals surface area contributed by atoms with Gasteiger partial charge in [0.2, 0.25) is 11.8 Å². The number of rotatable bonds is 7. The Hall–Kier alpha value is -2.29. The predicted molar refractivity (Wildman–Crippen MR) is 111 cm³/mol. The van der Waals surface area contributed by atoms with Crippen LogP contribution in [0.3, 0.4) is 0 Å². The second-order valence-corrected chi connectivity index (χ2v) is 7.60. The van der Waals surface area contributed by atoms with Crippen molar-refractivity contribution in [3.05, 3.63) is 63.6 Å². The summed E-state index contributed by atoms with van der Waals surface area (Å²) in [7, 11) is 1.55. The van der Waals surface area contributed by atoms with Crippen molar-refractivity contribution in [2.24, 2.45) is 0 Å². The molecule has 0 aliphatic heterocycles. The first-order valence-corrected chi connectivity index (χ1v) is 9.61. The van der Waals surface area contributed by atoms with Gasteiger partial charge in [-0.15, -0.1) is 0 Å². The van der Waals surface area contributed by atoms with Crippen LogP contribution in [0.4, 0.5) is 18.9 Å². The highest BCUT2D eigenvalue weighted by atomic mass is 35.5. The second kappa shape index (κ2) is 10.1. The Morgan fingerprint density at radius 1 is 1.07 bits per heavy atom. The zero-order valence-corrected chi connectivity index (χ0v) is 17.7. The number of carbonyl (C=O) groups is 2. The van der Waals surface area contributed by atoms with Gasteiger partial charge in [0.25, 0.3) is 0 Å². The van der Waals surface area contributed by atoms with E-state index in [9.17, 15) is 22.8 Å². The average molecular weight is 462 g/mol. The molecule has 0 aliphatic carbocycles. The van der Waals surface area contributed by atoms with E-state index in [0.29, 0.717) is 5.02 Å². The van der Waals surface area contributed by atoms with E-state index in [4.69, 9.17) is 23.2 Å². The molecule has 2 amide bonds. The Bertz CT molecular complexity index is 922. The topological polar surface area (TPSA) is 61.4 Å². The molecule has 2 aromatic carbocycles. The lowest BCUT2D eigenvalue weighted by Gasteiger charge is -2.19. The van der Waals surface area contributed by atoms with Gasteiger partial charge in [0.15, 0.2) is 0 Å². The molecule has 5 nitrogen and oxygen atoms in total. The second-order valence-electron chi connectivity index (χ2n) is 6.76. The van der Waals surface area contributed by atoms with Gasteiger partial charge in [0, 0.05) is 10.7 Å². The van der Waals surface area contributed by atoms with Gasteiger partial charge in [-0.1, -0.05) is 35.3 Å². The molecule has 0 aliphatic rings. The van der Waals surface area contributed by atoms with Crippen molar-refractivity contribution in [3.63, 3.8) is 0 Å². The third kappa shape index (κ3) is 7.19. The van der Waals surface area contributed by atoms with Gasteiger partial charge >= 0.3 is 6.18 Å². The number of hydrogen-bond donors (Lipinski definition) is 2. The SMILES string of the molecule is C[C@@H](NC(=O)CN(C)CC(=O)Nc1ccc(Cl)c(C(F)(F)F)c1)c1cccc(Cl)c1. The first kappa shape index (κ1) is 24.0. The first-order valence-electron chi connectivity index (χ1n) is 8.85. The first-order chi connectivity index (χ1) is 14.0. The molecule has 0 unspecified atom stereocenters. The number of benzene rings is 2. The van der Waals surface area contributed by atoms with Crippen molar-refractivity contribution in [1.82, 2.24) is 10.2 Å². The van der Waals surface area contributed by atoms with Crippen LogP contribution < -0.4 is 10.6 Å². The van der Waals surface area contributed by atoms with Gasteiger partial charge in [-0.25, -0.2) is 0 Å². The highest BCUT2D eigenvalue weighted by Crippen LogP contribution is 2.36. The van der Waals surface area contributed by atoms with Crippen molar-refractivity contribution < 1.29 is 22.8 Å². The molecule has 0 radical (unpaired) electrons. The molecule has 0 fully saturated rings. The zero-order chi connectivity index (χ0) is 22.5. The van der Waals surface area contributed by atoms with Crippen molar-refractivity contribution >= 4 is 40.7 Å². The lowest BCUT2D eigenvalue weighted by atomic mass is 10.1. The summed E-state index contributed by atoms with van der Waals surface area (Å²) < 4.78 is 38.7. The maximum atomic E-state index is 12.9. The number of likely N-dealkylation sites (N-methyl/N-ethyl adjacent to an activating group) is 1. The number of nitrogens with zero attached hydrogens (tertiary/aromatic N) is 1. The standard InChI is InChI=1S/C20H20Cl2F3N3O2/c1-12(13-4-3-5-14(21)8-13)26-18(29)10-28(2)11-19(30)27-15-6-7-17(22)16(9-15)20(23,24)25/h3-9,12H,10-11H2,1-2H3,(H,26,29)(H,27,30)/t12-/m1/s1. The number of carbonyl (C=O) groups excluding carboxylic acids is 2. The van der Waals surface area contributed by atoms with Crippen molar-refractivity contribution in [2.45, 2.75) is 19.1 Å². The van der Waals surface area contributed by atoms with E-state index in [1.165, 1.54) is 11.0 Å². The minimum atomic E-state index is -4.63. The monoisotopic (exact) mass is 461 g/mol. The van der Waals surface area contributed by atoms with Crippen LogP contribution in [0.5, 0.6) is 0 Å². The fraction of sp³-hybridized carbons (Fsp3) is 0.300. The number of halogens is 5. The highest BCUT2D eigenvalue weighted by Gasteiger charge is 2.33. The number of nitrogens with one attached hydrogen (secondary N) is 2. The molecule has 0 spiro atoms. The smallest absolute Gasteiger partial charge is 0.348 e. The molecule has 10 heteroatoms. The van der Waals surface area contributed by atoms with Crippen LogP contribution in [0.1, 0.15) is 24.1 Å². The lowest BCUT2D eigenvalue weighted by molar-refractivity contribution is -0.137. The van der Waals surface area contributed by atoms with E-state index in [-0.39, 0.29) is 30.7 Å². The highest BCUT2D eigenvalue weighted by molar-refractivity contribution is 6.31. The van der Waals surface area contributed by atoms with E-state index >= 15 is 0 Å². The molecule has 0 saturated carbocycles. The summed E-state index contributed by atoms with van der Waals surface area (Å²) in [6.07, 6.45) is -4.63. The number of amides is 2. The minimum Gasteiger partial charge on any atom is -0.348 e. The van der Waals surface area contributed by atoms with Crippen LogP contribution in [-0.4, -0.2) is 36.9 Å². The summed E-state index contributed by atoms with van der Waals surface area (Å²) in [5.41, 5.74) is -0.242. The molecule has 0 saturated heterocycles. The summed E-state index contributed by atoms with van der Waals surface area (Å²) in [4.78, 5) is 25.8. The van der Waals surface area contributed by atoms with E-state index in [1.54, 1.807) is 32.2 Å². The number of alkyl halides is 3. The number of anilines is 1. The summed E-state index contributed by atoms with van der Waals surface area (Å²) in [6, 6.07) is 9.89. The van der Waals surface area contributed by atoms with E-state index in [2.05, 4.69) is 10.6 Å². The average Bonchev–Trinajstić information content (AvgIpc) is 2.61. The Morgan fingerprint density at radius 3 is 2.37 bits per heavy atom. The molecule has 162 valence electrons. The zero-order valence-electron chi connectivity index (χ0n) is 16.2. The fourth-order valence-electron chi connectivity index (χ4n) is 2.71. The van der Waals surface area contributed by atoms with Crippen molar-refractivity contribution in [1.29, 1.82) is 0 Å². The molecule has 0 heterocycles. The van der Waals surface area contributed by atoms with Crippen LogP contribution in [0.2, 0.25) is 10.0 Å². The van der Waals surface area contributed by atoms with Gasteiger partial charge in [-0.05, 0) is 49.9 Å². The Balaban J connectivity index is 1.88. The van der Waals surface area contributed by atoms with Crippen molar-refractivity contribution in [2.75, 3.05) is 25.5 Å². The largest absolute Gasteiger partial charge is 0.417 e. The molecule has 1 atom stereocenters. The third-order valence-electron chi connectivity index (χ3n) is 4.11. The number of hydrogen-bond acceptors (Lipinski definition) is 3. The molecular weight excluding hydrogens is 442 g/mol. The van der Waals surface area contributed by atoms with Crippen molar-refractivity contribution in [3.8, 4) is 0 Å². The third-order valence-corrected chi connectivity index (χ3v) is 4.67. The maximum absolute atomic E-state index is 12.9. The van der Waals surface area contributed by atoms with Crippen LogP contribution in [0.25, 0.3) is 0 Å². The molecular formula is C20H20Cl2F3N3O2. The molecule has 2 rings (SSSR count). The van der Waals surface area contributed by atoms with Gasteiger partial charge < -0.3 is 10.6 Å². The molecule has 2 N–H and O–H groups in total. The fourth-order valence-corrected chi connectivity index (χ4v) is 3.14. The van der Waals surface area contributed by atoms with E-state index in [1.807, 2.05) is 6.07 Å². The summed E-state index contributed by atoms with van der Waals surface area (Å²) in [6.45, 7) is 1.53. The summed E-state index contributed by atoms with van der Waals surface area (Å²) >= 11 is 11.5. The maximum Gasteiger partial charge on any atom is 0.417 e. The lowest BCUT2D eigenvalue weighted by Crippen LogP contribution is -2.39. The predicted octanol–water partition coefficient (Wildman–Crippen LogP) is 4.76. The van der Waals surface area contributed by atoms with Crippen LogP contribution in [-0.2, 0) is 15.8 Å². The Kier molecular flexibility index (Phi) is 8.11. The summed E-state index contributed by atoms with van der Waals surface area (Å²) in [5, 5.41) is 5.27. The molecule has 2 aromatic rings. The van der Waals surface area contributed by atoms with E-state index < -0.39 is 22.7 Å². The molecule has 30 heavy (non-hydrogen) atoms. The Labute approximate surface area is 182 Å². The van der Waals surface area contributed by atoms with Crippen LogP contribution in [0, 0.1) is 0 Å². The van der Waals surface area contributed by atoms with Gasteiger partial charge in [-0.2, -0.15) is 13.2 Å². The van der Waals surface area contributed by atoms with E-state index in [0.717, 1.165) is 17.7 Å².